The van der Waals surface area contributed by atoms with Gasteiger partial charge in [-0.1, -0.05) is 6.07 Å². The zero-order chi connectivity index (χ0) is 25.9. The molecule has 1 atom stereocenters. The first-order chi connectivity index (χ1) is 16.6. The van der Waals surface area contributed by atoms with E-state index in [1.165, 1.54) is 30.2 Å². The number of carbonyl (C=O) groups is 3. The van der Waals surface area contributed by atoms with Crippen molar-refractivity contribution in [1.29, 1.82) is 0 Å². The smallest absolute Gasteiger partial charge is 0.354 e. The molecular weight excluding hydrogens is 454 g/mol. The second kappa shape index (κ2) is 10.8. The maximum absolute atomic E-state index is 13.5. The number of amides is 1. The summed E-state index contributed by atoms with van der Waals surface area (Å²) in [5, 5.41) is 11.4. The van der Waals surface area contributed by atoms with Crippen molar-refractivity contribution in [2.45, 2.75) is 53.2 Å². The number of methoxy groups -OCH3 is 1. The average molecular weight is 486 g/mol. The monoisotopic (exact) mass is 485 g/mol. The third kappa shape index (κ3) is 5.27. The fourth-order valence-corrected chi connectivity index (χ4v) is 4.69. The Labute approximate surface area is 204 Å². The van der Waals surface area contributed by atoms with Crippen molar-refractivity contribution < 1.29 is 28.8 Å². The fraction of sp³-hybridized carbons (Fsp3) is 0.480. The molecule has 1 aromatic carbocycles. The molecule has 1 aromatic heterocycles. The summed E-state index contributed by atoms with van der Waals surface area (Å²) in [5.74, 6) is -1.36. The molecule has 0 aliphatic carbocycles. The highest BCUT2D eigenvalue weighted by molar-refractivity contribution is 6.06. The Balaban J connectivity index is 1.97. The van der Waals surface area contributed by atoms with Gasteiger partial charge in [0.1, 0.15) is 5.69 Å². The SMILES string of the molecule is CCn1c(C)c(C(=O)CN(CC2CCCO2)C(=O)c2ccc(C)c([N+](=O)[O-])c2)c(C)c1C(=O)OC. The molecule has 0 spiro atoms. The van der Waals surface area contributed by atoms with Crippen molar-refractivity contribution in [2.75, 3.05) is 26.8 Å². The van der Waals surface area contributed by atoms with Gasteiger partial charge in [0, 0.05) is 48.1 Å². The van der Waals surface area contributed by atoms with Crippen molar-refractivity contribution in [3.63, 3.8) is 0 Å². The van der Waals surface area contributed by atoms with Crippen molar-refractivity contribution in [3.8, 4) is 0 Å². The van der Waals surface area contributed by atoms with Crippen LogP contribution in [0.2, 0.25) is 0 Å². The van der Waals surface area contributed by atoms with Crippen molar-refractivity contribution in [1.82, 2.24) is 9.47 Å². The lowest BCUT2D eigenvalue weighted by atomic mass is 10.0. The van der Waals surface area contributed by atoms with Crippen LogP contribution in [-0.2, 0) is 16.0 Å². The zero-order valence-corrected chi connectivity index (χ0v) is 20.8. The number of ketones is 1. The maximum Gasteiger partial charge on any atom is 0.354 e. The van der Waals surface area contributed by atoms with Gasteiger partial charge < -0.3 is 18.9 Å². The van der Waals surface area contributed by atoms with Gasteiger partial charge in [-0.2, -0.15) is 0 Å². The molecule has 1 fully saturated rings. The molecule has 1 aliphatic rings. The maximum atomic E-state index is 13.5. The molecule has 0 N–H and O–H groups in total. The van der Waals surface area contributed by atoms with Gasteiger partial charge >= 0.3 is 5.97 Å². The molecule has 2 heterocycles. The van der Waals surface area contributed by atoms with E-state index in [0.29, 0.717) is 41.2 Å². The van der Waals surface area contributed by atoms with Crippen LogP contribution in [0.5, 0.6) is 0 Å². The van der Waals surface area contributed by atoms with Crippen LogP contribution in [0.4, 0.5) is 5.69 Å². The van der Waals surface area contributed by atoms with Crippen LogP contribution in [0.3, 0.4) is 0 Å². The van der Waals surface area contributed by atoms with Gasteiger partial charge in [0.05, 0.1) is 24.7 Å². The predicted octanol–water partition coefficient (Wildman–Crippen LogP) is 3.63. The van der Waals surface area contributed by atoms with Gasteiger partial charge in [-0.25, -0.2) is 4.79 Å². The number of hydrogen-bond acceptors (Lipinski definition) is 7. The topological polar surface area (TPSA) is 121 Å². The molecule has 35 heavy (non-hydrogen) atoms. The molecule has 188 valence electrons. The Morgan fingerprint density at radius 1 is 1.26 bits per heavy atom. The van der Waals surface area contributed by atoms with Crippen LogP contribution in [0.25, 0.3) is 0 Å². The summed E-state index contributed by atoms with van der Waals surface area (Å²) in [7, 11) is 1.29. The zero-order valence-electron chi connectivity index (χ0n) is 20.8. The van der Waals surface area contributed by atoms with Crippen molar-refractivity contribution >= 4 is 23.3 Å². The fourth-order valence-electron chi connectivity index (χ4n) is 4.69. The van der Waals surface area contributed by atoms with Gasteiger partial charge in [-0.05, 0) is 52.2 Å². The number of esters is 1. The van der Waals surface area contributed by atoms with Crippen molar-refractivity contribution in [2.24, 2.45) is 0 Å². The number of aryl methyl sites for hydroxylation is 1. The highest BCUT2D eigenvalue weighted by Gasteiger charge is 2.31. The summed E-state index contributed by atoms with van der Waals surface area (Å²) in [4.78, 5) is 51.6. The van der Waals surface area contributed by atoms with E-state index in [1.807, 2.05) is 6.92 Å². The molecule has 10 heteroatoms. The molecule has 2 aromatic rings. The van der Waals surface area contributed by atoms with Gasteiger partial charge in [0.2, 0.25) is 0 Å². The summed E-state index contributed by atoms with van der Waals surface area (Å²) in [6.07, 6.45) is 1.39. The van der Waals surface area contributed by atoms with E-state index in [0.717, 1.165) is 12.8 Å². The highest BCUT2D eigenvalue weighted by Crippen LogP contribution is 2.26. The first kappa shape index (κ1) is 26.1. The number of aromatic nitrogens is 1. The quantitative estimate of drug-likeness (QED) is 0.230. The normalized spacial score (nSPS) is 15.2. The lowest BCUT2D eigenvalue weighted by Gasteiger charge is -2.25. The van der Waals surface area contributed by atoms with Crippen LogP contribution in [-0.4, -0.2) is 65.0 Å². The number of carbonyl (C=O) groups excluding carboxylic acids is 3. The van der Waals surface area contributed by atoms with E-state index in [1.54, 1.807) is 25.3 Å². The van der Waals surface area contributed by atoms with E-state index >= 15 is 0 Å². The van der Waals surface area contributed by atoms with Crippen LogP contribution in [0, 0.1) is 30.9 Å². The van der Waals surface area contributed by atoms with Crippen molar-refractivity contribution in [3.05, 3.63) is 62.0 Å². The van der Waals surface area contributed by atoms with Gasteiger partial charge in [0.25, 0.3) is 11.6 Å². The third-order valence-corrected chi connectivity index (χ3v) is 6.46. The molecule has 1 unspecified atom stereocenters. The summed E-state index contributed by atoms with van der Waals surface area (Å²) in [6.45, 7) is 7.89. The van der Waals surface area contributed by atoms with E-state index in [-0.39, 0.29) is 36.2 Å². The van der Waals surface area contributed by atoms with Crippen LogP contribution in [0.1, 0.15) is 67.8 Å². The first-order valence-electron chi connectivity index (χ1n) is 11.6. The minimum Gasteiger partial charge on any atom is -0.464 e. The standard InChI is InChI=1S/C25H31N3O7/c1-6-27-17(4)22(16(3)23(27)25(31)34-5)21(29)14-26(13-19-8-7-11-35-19)24(30)18-10-9-15(2)20(12-18)28(32)33/h9-10,12,19H,6-8,11,13-14H2,1-5H3. The number of nitro benzene ring substituents is 1. The highest BCUT2D eigenvalue weighted by atomic mass is 16.6. The molecule has 1 saturated heterocycles. The number of nitrogens with zero attached hydrogens (tertiary/aromatic N) is 3. The summed E-state index contributed by atoms with van der Waals surface area (Å²) in [5.41, 5.74) is 2.20. The number of ether oxygens (including phenoxy) is 2. The number of benzene rings is 1. The van der Waals surface area contributed by atoms with Gasteiger partial charge in [-0.15, -0.1) is 0 Å². The van der Waals surface area contributed by atoms with Gasteiger partial charge in [0.15, 0.2) is 5.78 Å². The Morgan fingerprint density at radius 2 is 1.97 bits per heavy atom. The predicted molar refractivity (Wildman–Crippen MR) is 128 cm³/mol. The molecule has 0 bridgehead atoms. The molecule has 1 aliphatic heterocycles. The van der Waals surface area contributed by atoms with Crippen LogP contribution in [0.15, 0.2) is 18.2 Å². The second-order valence-corrected chi connectivity index (χ2v) is 8.67. The molecule has 0 radical (unpaired) electrons. The second-order valence-electron chi connectivity index (χ2n) is 8.67. The summed E-state index contributed by atoms with van der Waals surface area (Å²) in [6, 6.07) is 4.29. The minimum absolute atomic E-state index is 0.128. The lowest BCUT2D eigenvalue weighted by molar-refractivity contribution is -0.385. The number of nitro groups is 1. The number of rotatable bonds is 9. The average Bonchev–Trinajstić information content (AvgIpc) is 3.42. The van der Waals surface area contributed by atoms with E-state index in [2.05, 4.69) is 0 Å². The number of Topliss-reactive ketones (excluding diaryl/α,β-unsaturated/α-hetero) is 1. The van der Waals surface area contributed by atoms with Crippen LogP contribution < -0.4 is 0 Å². The largest absolute Gasteiger partial charge is 0.464 e. The summed E-state index contributed by atoms with van der Waals surface area (Å²) < 4.78 is 12.3. The molecule has 0 saturated carbocycles. The molecule has 10 nitrogen and oxygen atoms in total. The molecule has 1 amide bonds. The Hall–Kier alpha value is -3.53. The molecular formula is C25H31N3O7. The van der Waals surface area contributed by atoms with E-state index in [9.17, 15) is 24.5 Å². The van der Waals surface area contributed by atoms with Gasteiger partial charge in [-0.3, -0.25) is 19.7 Å². The lowest BCUT2D eigenvalue weighted by Crippen LogP contribution is -2.41. The van der Waals surface area contributed by atoms with E-state index < -0.39 is 16.8 Å². The Kier molecular flexibility index (Phi) is 8.06. The Bertz CT molecular complexity index is 1160. The minimum atomic E-state index is -0.536. The Morgan fingerprint density at radius 3 is 2.54 bits per heavy atom. The summed E-state index contributed by atoms with van der Waals surface area (Å²) >= 11 is 0. The van der Waals surface area contributed by atoms with E-state index in [4.69, 9.17) is 9.47 Å². The first-order valence-corrected chi connectivity index (χ1v) is 11.6. The molecule has 3 rings (SSSR count). The number of hydrogen-bond donors (Lipinski definition) is 0. The third-order valence-electron chi connectivity index (χ3n) is 6.46. The van der Waals surface area contributed by atoms with Crippen LogP contribution >= 0.6 is 0 Å².